The third kappa shape index (κ3) is 2.63. The molecule has 1 aromatic carbocycles. The van der Waals surface area contributed by atoms with Gasteiger partial charge in [-0.3, -0.25) is 0 Å². The first kappa shape index (κ1) is 13.6. The molecule has 2 rings (SSSR count). The van der Waals surface area contributed by atoms with Crippen LogP contribution in [0.1, 0.15) is 18.0 Å². The number of rotatable bonds is 1. The highest BCUT2D eigenvalue weighted by atomic mass is 35.5. The standard InChI is InChI=1S/C10H8F3NO2.ClH/c11-6-2-1-5(8(12)9(6)13)7-3-4-16-10(15)14-7;/h1-2,7H,3-4H2,(H,14,15);1H/t7-;/m0./s1. The molecular formula is C10H9ClF3NO2. The molecular weight excluding hydrogens is 259 g/mol. The molecule has 0 radical (unpaired) electrons. The second-order valence-electron chi connectivity index (χ2n) is 3.39. The van der Waals surface area contributed by atoms with Gasteiger partial charge in [-0.05, 0) is 6.07 Å². The third-order valence-corrected chi connectivity index (χ3v) is 2.37. The first-order valence-electron chi connectivity index (χ1n) is 4.66. The molecule has 0 bridgehead atoms. The Morgan fingerprint density at radius 3 is 2.59 bits per heavy atom. The summed E-state index contributed by atoms with van der Waals surface area (Å²) in [5.41, 5.74) is -0.0736. The van der Waals surface area contributed by atoms with Gasteiger partial charge in [0.1, 0.15) is 0 Å². The monoisotopic (exact) mass is 267 g/mol. The topological polar surface area (TPSA) is 38.3 Å². The highest BCUT2D eigenvalue weighted by Gasteiger charge is 2.25. The minimum absolute atomic E-state index is 0. The van der Waals surface area contributed by atoms with Crippen LogP contribution in [0.4, 0.5) is 18.0 Å². The minimum atomic E-state index is -1.53. The summed E-state index contributed by atoms with van der Waals surface area (Å²) in [7, 11) is 0. The highest BCUT2D eigenvalue weighted by molar-refractivity contribution is 5.85. The van der Waals surface area contributed by atoms with Crippen LogP contribution in [0.25, 0.3) is 0 Å². The Hall–Kier alpha value is -1.43. The summed E-state index contributed by atoms with van der Waals surface area (Å²) >= 11 is 0. The molecule has 0 unspecified atom stereocenters. The number of hydrogen-bond donors (Lipinski definition) is 1. The predicted molar refractivity (Wildman–Crippen MR) is 55.4 cm³/mol. The number of cyclic esters (lactones) is 1. The van der Waals surface area contributed by atoms with Crippen LogP contribution in [0, 0.1) is 17.5 Å². The number of carbonyl (C=O) groups is 1. The van der Waals surface area contributed by atoms with E-state index in [0.717, 1.165) is 12.1 Å². The fraction of sp³-hybridized carbons (Fsp3) is 0.300. The quantitative estimate of drug-likeness (QED) is 0.795. The summed E-state index contributed by atoms with van der Waals surface area (Å²) < 4.78 is 43.6. The van der Waals surface area contributed by atoms with E-state index in [1.54, 1.807) is 0 Å². The molecule has 1 heterocycles. The first-order valence-corrected chi connectivity index (χ1v) is 4.66. The minimum Gasteiger partial charge on any atom is -0.449 e. The number of benzene rings is 1. The lowest BCUT2D eigenvalue weighted by molar-refractivity contribution is 0.115. The van der Waals surface area contributed by atoms with Gasteiger partial charge in [0, 0.05) is 12.0 Å². The van der Waals surface area contributed by atoms with Crippen molar-refractivity contribution in [1.29, 1.82) is 0 Å². The molecule has 1 atom stereocenters. The molecule has 0 aromatic heterocycles. The Labute approximate surface area is 101 Å². The number of nitrogens with one attached hydrogen (secondary N) is 1. The van der Waals surface area contributed by atoms with E-state index in [-0.39, 0.29) is 24.6 Å². The number of halogens is 4. The summed E-state index contributed by atoms with van der Waals surface area (Å²) in [4.78, 5) is 10.9. The molecule has 1 saturated heterocycles. The van der Waals surface area contributed by atoms with Gasteiger partial charge in [0.05, 0.1) is 12.6 Å². The second kappa shape index (κ2) is 5.27. The van der Waals surface area contributed by atoms with E-state index in [9.17, 15) is 18.0 Å². The van der Waals surface area contributed by atoms with Crippen molar-refractivity contribution in [3.63, 3.8) is 0 Å². The van der Waals surface area contributed by atoms with Gasteiger partial charge in [-0.25, -0.2) is 18.0 Å². The maximum absolute atomic E-state index is 13.4. The molecule has 1 amide bonds. The van der Waals surface area contributed by atoms with Crippen LogP contribution in [0.3, 0.4) is 0 Å². The maximum Gasteiger partial charge on any atom is 0.407 e. The van der Waals surface area contributed by atoms with Crippen LogP contribution in [-0.4, -0.2) is 12.7 Å². The van der Waals surface area contributed by atoms with Gasteiger partial charge in [0.25, 0.3) is 0 Å². The average molecular weight is 268 g/mol. The molecule has 3 nitrogen and oxygen atoms in total. The molecule has 17 heavy (non-hydrogen) atoms. The molecule has 1 aliphatic heterocycles. The lowest BCUT2D eigenvalue weighted by Gasteiger charge is -2.24. The molecule has 0 spiro atoms. The number of ether oxygens (including phenoxy) is 1. The Morgan fingerprint density at radius 2 is 1.94 bits per heavy atom. The fourth-order valence-electron chi connectivity index (χ4n) is 1.57. The van der Waals surface area contributed by atoms with Gasteiger partial charge in [-0.2, -0.15) is 0 Å². The van der Waals surface area contributed by atoms with Crippen LogP contribution in [-0.2, 0) is 4.74 Å². The van der Waals surface area contributed by atoms with Crippen LogP contribution >= 0.6 is 12.4 Å². The smallest absolute Gasteiger partial charge is 0.407 e. The van der Waals surface area contributed by atoms with Gasteiger partial charge in [0.15, 0.2) is 17.5 Å². The van der Waals surface area contributed by atoms with Crippen molar-refractivity contribution in [1.82, 2.24) is 5.32 Å². The largest absolute Gasteiger partial charge is 0.449 e. The summed E-state index contributed by atoms with van der Waals surface area (Å²) in [5.74, 6) is -4.05. The van der Waals surface area contributed by atoms with Crippen LogP contribution in [0.15, 0.2) is 12.1 Å². The molecule has 1 N–H and O–H groups in total. The highest BCUT2D eigenvalue weighted by Crippen LogP contribution is 2.25. The van der Waals surface area contributed by atoms with E-state index in [4.69, 9.17) is 0 Å². The van der Waals surface area contributed by atoms with Crippen molar-refractivity contribution < 1.29 is 22.7 Å². The van der Waals surface area contributed by atoms with Gasteiger partial charge in [-0.15, -0.1) is 12.4 Å². The molecule has 1 fully saturated rings. The van der Waals surface area contributed by atoms with Gasteiger partial charge in [0.2, 0.25) is 0 Å². The Bertz CT molecular complexity index is 442. The summed E-state index contributed by atoms with van der Waals surface area (Å²) in [5, 5.41) is 2.33. The Kier molecular flexibility index (Phi) is 4.22. The number of amides is 1. The van der Waals surface area contributed by atoms with Gasteiger partial charge < -0.3 is 10.1 Å². The van der Waals surface area contributed by atoms with E-state index in [1.807, 2.05) is 0 Å². The average Bonchev–Trinajstić information content (AvgIpc) is 2.26. The molecule has 1 aromatic rings. The molecule has 7 heteroatoms. The zero-order valence-corrected chi connectivity index (χ0v) is 9.32. The number of hydrogen-bond acceptors (Lipinski definition) is 2. The van der Waals surface area contributed by atoms with Gasteiger partial charge >= 0.3 is 6.09 Å². The molecule has 0 aliphatic carbocycles. The van der Waals surface area contributed by atoms with E-state index < -0.39 is 29.6 Å². The fourth-order valence-corrected chi connectivity index (χ4v) is 1.57. The van der Waals surface area contributed by atoms with Crippen molar-refractivity contribution in [2.24, 2.45) is 0 Å². The molecule has 1 aliphatic rings. The van der Waals surface area contributed by atoms with Crippen molar-refractivity contribution in [2.45, 2.75) is 12.5 Å². The number of carbonyl (C=O) groups excluding carboxylic acids is 1. The van der Waals surface area contributed by atoms with Gasteiger partial charge in [-0.1, -0.05) is 6.07 Å². The molecule has 94 valence electrons. The van der Waals surface area contributed by atoms with Crippen molar-refractivity contribution in [3.05, 3.63) is 35.1 Å². The van der Waals surface area contributed by atoms with Crippen molar-refractivity contribution in [2.75, 3.05) is 6.61 Å². The lowest BCUT2D eigenvalue weighted by Crippen LogP contribution is -2.35. The normalized spacial score (nSPS) is 19.0. The van der Waals surface area contributed by atoms with Crippen molar-refractivity contribution >= 4 is 18.5 Å². The van der Waals surface area contributed by atoms with E-state index >= 15 is 0 Å². The summed E-state index contributed by atoms with van der Waals surface area (Å²) in [6.45, 7) is 0.120. The first-order chi connectivity index (χ1) is 7.59. The number of alkyl carbamates (subject to hydrolysis) is 1. The maximum atomic E-state index is 13.4. The van der Waals surface area contributed by atoms with Crippen molar-refractivity contribution in [3.8, 4) is 0 Å². The SMILES string of the molecule is Cl.O=C1N[C@H](c2ccc(F)c(F)c2F)CCO1. The second-order valence-corrected chi connectivity index (χ2v) is 3.39. The van der Waals surface area contributed by atoms with E-state index in [2.05, 4.69) is 10.1 Å². The lowest BCUT2D eigenvalue weighted by atomic mass is 10.0. The van der Waals surface area contributed by atoms with Crippen LogP contribution in [0.2, 0.25) is 0 Å². The Balaban J connectivity index is 0.00000144. The summed E-state index contributed by atoms with van der Waals surface area (Å²) in [6.07, 6.45) is -0.381. The van der Waals surface area contributed by atoms with Crippen LogP contribution < -0.4 is 5.32 Å². The zero-order valence-electron chi connectivity index (χ0n) is 8.50. The zero-order chi connectivity index (χ0) is 11.7. The molecule has 0 saturated carbocycles. The Morgan fingerprint density at radius 1 is 1.24 bits per heavy atom. The predicted octanol–water partition coefficient (Wildman–Crippen LogP) is 2.70. The van der Waals surface area contributed by atoms with E-state index in [1.165, 1.54) is 0 Å². The third-order valence-electron chi connectivity index (χ3n) is 2.37. The van der Waals surface area contributed by atoms with E-state index in [0.29, 0.717) is 6.42 Å². The summed E-state index contributed by atoms with van der Waals surface area (Å²) in [6, 6.07) is 1.26. The van der Waals surface area contributed by atoms with Crippen LogP contribution in [0.5, 0.6) is 0 Å².